The first-order valence-corrected chi connectivity index (χ1v) is 28.2. The van der Waals surface area contributed by atoms with Gasteiger partial charge in [-0.1, -0.05) is 210 Å². The van der Waals surface area contributed by atoms with E-state index in [9.17, 15) is 5.26 Å². The number of fused-ring (bicyclic) bond motifs is 14. The van der Waals surface area contributed by atoms with Gasteiger partial charge in [-0.05, 0) is 122 Å². The third-order valence-corrected chi connectivity index (χ3v) is 17.8. The van der Waals surface area contributed by atoms with Gasteiger partial charge in [0.2, 0.25) is 0 Å². The molecule has 0 unspecified atom stereocenters. The standard InChI is InChI=1S/C76H52N6/c1-75(2)60-27-15-11-23-52(60)54-37-41-66-68(70(54)75)56-25-13-17-29-62(56)81(66)64-39-35-50(47-33-31-46(45-77)32-34-47)43-58(64)51-36-40-65(59(44-51)74-79-72(48-19-7-5-8-20-48)78-73(80-74)49-21-9-6-10-22-49)82-63-30-18-14-26-57(63)69-67(82)42-38-55-53-24-12-16-28-61(53)76(3,4)71(55)69/h5-44H,1-4H3. The van der Waals surface area contributed by atoms with Crippen LogP contribution in [0, 0.1) is 11.3 Å². The van der Waals surface area contributed by atoms with Gasteiger partial charge in [-0.15, -0.1) is 0 Å². The molecule has 0 amide bonds. The lowest BCUT2D eigenvalue weighted by Crippen LogP contribution is -2.15. The zero-order chi connectivity index (χ0) is 55.0. The van der Waals surface area contributed by atoms with Gasteiger partial charge in [0.05, 0.1) is 45.1 Å². The number of rotatable bonds is 7. The molecule has 0 aliphatic heterocycles. The molecule has 0 N–H and O–H groups in total. The molecule has 0 bridgehead atoms. The van der Waals surface area contributed by atoms with Crippen LogP contribution in [0.3, 0.4) is 0 Å². The van der Waals surface area contributed by atoms with Crippen molar-refractivity contribution in [2.45, 2.75) is 38.5 Å². The second-order valence-corrected chi connectivity index (χ2v) is 23.0. The Kier molecular flexibility index (Phi) is 10.3. The number of benzene rings is 11. The van der Waals surface area contributed by atoms with Crippen molar-refractivity contribution < 1.29 is 0 Å². The Morgan fingerprint density at radius 2 is 0.756 bits per heavy atom. The summed E-state index contributed by atoms with van der Waals surface area (Å²) in [5, 5.41) is 14.8. The van der Waals surface area contributed by atoms with E-state index in [1.54, 1.807) is 0 Å². The van der Waals surface area contributed by atoms with Crippen LogP contribution in [0.25, 0.3) is 134 Å². The van der Waals surface area contributed by atoms with E-state index < -0.39 is 0 Å². The zero-order valence-electron chi connectivity index (χ0n) is 45.8. The lowest BCUT2D eigenvalue weighted by molar-refractivity contribution is 0.666. The van der Waals surface area contributed by atoms with Crippen LogP contribution in [0.4, 0.5) is 0 Å². The van der Waals surface area contributed by atoms with E-state index >= 15 is 0 Å². The molecular formula is C76H52N6. The molecular weight excluding hydrogens is 997 g/mol. The van der Waals surface area contributed by atoms with Crippen molar-refractivity contribution in [1.29, 1.82) is 5.26 Å². The molecule has 16 rings (SSSR count). The molecule has 3 heterocycles. The Bertz CT molecular complexity index is 4980. The Hall–Kier alpha value is -10.5. The average molecular weight is 1050 g/mol. The van der Waals surface area contributed by atoms with Crippen molar-refractivity contribution in [2.75, 3.05) is 0 Å². The fraction of sp³-hybridized carbons (Fsp3) is 0.0789. The van der Waals surface area contributed by atoms with Crippen LogP contribution in [-0.2, 0) is 10.8 Å². The van der Waals surface area contributed by atoms with Crippen molar-refractivity contribution >= 4 is 43.6 Å². The van der Waals surface area contributed by atoms with Gasteiger partial charge < -0.3 is 9.13 Å². The monoisotopic (exact) mass is 1050 g/mol. The van der Waals surface area contributed by atoms with E-state index in [4.69, 9.17) is 15.0 Å². The number of nitriles is 1. The highest BCUT2D eigenvalue weighted by Gasteiger charge is 2.40. The molecule has 14 aromatic rings. The summed E-state index contributed by atoms with van der Waals surface area (Å²) >= 11 is 0. The van der Waals surface area contributed by atoms with Crippen LogP contribution < -0.4 is 0 Å². The Balaban J connectivity index is 1.01. The molecule has 82 heavy (non-hydrogen) atoms. The maximum absolute atomic E-state index is 9.87. The van der Waals surface area contributed by atoms with Gasteiger partial charge in [0.25, 0.3) is 0 Å². The minimum Gasteiger partial charge on any atom is -0.309 e. The molecule has 0 fully saturated rings. The summed E-state index contributed by atoms with van der Waals surface area (Å²) in [6.45, 7) is 9.50. The Morgan fingerprint density at radius 1 is 0.329 bits per heavy atom. The molecule has 0 atom stereocenters. The minimum atomic E-state index is -0.251. The third-order valence-electron chi connectivity index (χ3n) is 17.8. The zero-order valence-corrected chi connectivity index (χ0v) is 45.8. The Morgan fingerprint density at radius 3 is 1.28 bits per heavy atom. The first-order valence-electron chi connectivity index (χ1n) is 28.2. The average Bonchev–Trinajstić information content (AvgIpc) is 4.24. The second kappa shape index (κ2) is 17.8. The number of aromatic nitrogens is 5. The van der Waals surface area contributed by atoms with Gasteiger partial charge >= 0.3 is 0 Å². The smallest absolute Gasteiger partial charge is 0.166 e. The largest absolute Gasteiger partial charge is 0.309 e. The van der Waals surface area contributed by atoms with Crippen LogP contribution in [0.15, 0.2) is 243 Å². The van der Waals surface area contributed by atoms with Crippen molar-refractivity contribution in [3.8, 4) is 96.1 Å². The first kappa shape index (κ1) is 47.5. The predicted octanol–water partition coefficient (Wildman–Crippen LogP) is 18.9. The highest BCUT2D eigenvalue weighted by molar-refractivity contribution is 6.16. The minimum absolute atomic E-state index is 0.234. The Labute approximate surface area is 475 Å². The predicted molar refractivity (Wildman–Crippen MR) is 336 cm³/mol. The molecule has 0 radical (unpaired) electrons. The molecule has 3 aromatic heterocycles. The van der Waals surface area contributed by atoms with E-state index in [0.717, 1.165) is 72.4 Å². The number of hydrogen-bond acceptors (Lipinski definition) is 4. The van der Waals surface area contributed by atoms with E-state index in [0.29, 0.717) is 23.0 Å². The molecule has 11 aromatic carbocycles. The van der Waals surface area contributed by atoms with Crippen LogP contribution in [0.1, 0.15) is 55.5 Å². The number of para-hydroxylation sites is 2. The molecule has 2 aliphatic rings. The van der Waals surface area contributed by atoms with Crippen molar-refractivity contribution in [3.05, 3.63) is 270 Å². The van der Waals surface area contributed by atoms with Gasteiger partial charge in [0.15, 0.2) is 17.5 Å². The molecule has 6 nitrogen and oxygen atoms in total. The molecule has 6 heteroatoms. The van der Waals surface area contributed by atoms with Crippen molar-refractivity contribution in [1.82, 2.24) is 24.1 Å². The van der Waals surface area contributed by atoms with Gasteiger partial charge in [0, 0.05) is 54.6 Å². The molecule has 0 spiro atoms. The maximum atomic E-state index is 9.87. The summed E-state index contributed by atoms with van der Waals surface area (Å²) in [5.74, 6) is 1.74. The lowest BCUT2D eigenvalue weighted by atomic mass is 9.80. The number of hydrogen-bond donors (Lipinski definition) is 0. The normalized spacial score (nSPS) is 13.5. The maximum Gasteiger partial charge on any atom is 0.166 e. The van der Waals surface area contributed by atoms with Crippen LogP contribution in [-0.4, -0.2) is 24.1 Å². The summed E-state index contributed by atoms with van der Waals surface area (Å²) in [7, 11) is 0. The summed E-state index contributed by atoms with van der Waals surface area (Å²) in [6, 6.07) is 89.3. The molecule has 0 saturated heterocycles. The summed E-state index contributed by atoms with van der Waals surface area (Å²) in [6.07, 6.45) is 0. The van der Waals surface area contributed by atoms with Crippen LogP contribution in [0.5, 0.6) is 0 Å². The van der Waals surface area contributed by atoms with Gasteiger partial charge in [-0.25, -0.2) is 15.0 Å². The SMILES string of the molecule is CC1(C)c2ccccc2-c2ccc3c(c21)c1ccccc1n3-c1ccc(-c2ccc(C#N)cc2)cc1-c1ccc(-n2c3ccccc3c3c4c(ccc32)-c2ccccc2C4(C)C)c(-c2nc(-c3ccccc3)nc(-c3ccccc3)n2)c1. The highest BCUT2D eigenvalue weighted by atomic mass is 15.1. The van der Waals surface area contributed by atoms with E-state index in [1.807, 2.05) is 48.5 Å². The van der Waals surface area contributed by atoms with E-state index in [-0.39, 0.29) is 10.8 Å². The van der Waals surface area contributed by atoms with Gasteiger partial charge in [0.1, 0.15) is 0 Å². The van der Waals surface area contributed by atoms with Gasteiger partial charge in [-0.2, -0.15) is 5.26 Å². The third kappa shape index (κ3) is 6.90. The highest BCUT2D eigenvalue weighted by Crippen LogP contribution is 2.56. The lowest BCUT2D eigenvalue weighted by Gasteiger charge is -2.23. The summed E-state index contributed by atoms with van der Waals surface area (Å²) in [4.78, 5) is 16.2. The van der Waals surface area contributed by atoms with Crippen molar-refractivity contribution in [3.63, 3.8) is 0 Å². The fourth-order valence-electron chi connectivity index (χ4n) is 14.1. The second-order valence-electron chi connectivity index (χ2n) is 23.0. The van der Waals surface area contributed by atoms with E-state index in [2.05, 4.69) is 237 Å². The summed E-state index contributed by atoms with van der Waals surface area (Å²) < 4.78 is 4.92. The molecule has 2 aliphatic carbocycles. The van der Waals surface area contributed by atoms with Crippen LogP contribution in [0.2, 0.25) is 0 Å². The summed E-state index contributed by atoms with van der Waals surface area (Å²) in [5.41, 5.74) is 23.9. The van der Waals surface area contributed by atoms with E-state index in [1.165, 1.54) is 66.1 Å². The number of nitrogens with zero attached hydrogens (tertiary/aromatic N) is 6. The topological polar surface area (TPSA) is 72.3 Å². The van der Waals surface area contributed by atoms with Crippen LogP contribution >= 0.6 is 0 Å². The molecule has 386 valence electrons. The quantitative estimate of drug-likeness (QED) is 0.159. The van der Waals surface area contributed by atoms with Crippen molar-refractivity contribution in [2.24, 2.45) is 0 Å². The first-order chi connectivity index (χ1) is 40.2. The van der Waals surface area contributed by atoms with Gasteiger partial charge in [-0.3, -0.25) is 0 Å². The molecule has 0 saturated carbocycles. The fourth-order valence-corrected chi connectivity index (χ4v) is 14.1.